The smallest absolute Gasteiger partial charge is 0.317 e. The monoisotopic (exact) mass is 333 g/mol. The number of benzene rings is 1. The van der Waals surface area contributed by atoms with Crippen LogP contribution in [0.1, 0.15) is 37.7 Å². The summed E-state index contributed by atoms with van der Waals surface area (Å²) in [6.07, 6.45) is 4.84. The topological polar surface area (TPSA) is 84.7 Å². The average molecular weight is 333 g/mol. The lowest BCUT2D eigenvalue weighted by atomic mass is 9.99. The largest absolute Gasteiger partial charge is 0.497 e. The zero-order valence-corrected chi connectivity index (χ0v) is 14.3. The van der Waals surface area contributed by atoms with Crippen molar-refractivity contribution in [2.45, 2.75) is 44.6 Å². The molecule has 1 fully saturated rings. The van der Waals surface area contributed by atoms with Crippen molar-refractivity contribution in [2.75, 3.05) is 20.2 Å². The van der Waals surface area contributed by atoms with Gasteiger partial charge in [-0.3, -0.25) is 4.79 Å². The summed E-state index contributed by atoms with van der Waals surface area (Å²) in [4.78, 5) is 25.3. The van der Waals surface area contributed by atoms with Gasteiger partial charge in [0.25, 0.3) is 0 Å². The van der Waals surface area contributed by atoms with E-state index < -0.39 is 0 Å². The number of likely N-dealkylation sites (tertiary alicyclic amines) is 1. The number of urea groups is 1. The highest BCUT2D eigenvalue weighted by molar-refractivity contribution is 5.78. The summed E-state index contributed by atoms with van der Waals surface area (Å²) >= 11 is 0. The molecule has 1 saturated heterocycles. The van der Waals surface area contributed by atoms with Gasteiger partial charge in [-0.2, -0.15) is 0 Å². The number of piperidine rings is 1. The highest BCUT2D eigenvalue weighted by Gasteiger charge is 2.27. The molecule has 1 heterocycles. The van der Waals surface area contributed by atoms with Gasteiger partial charge in [0.1, 0.15) is 5.75 Å². The fourth-order valence-electron chi connectivity index (χ4n) is 3.13. The first-order valence-electron chi connectivity index (χ1n) is 8.56. The number of nitrogens with zero attached hydrogens (tertiary/aromatic N) is 1. The number of nitrogens with two attached hydrogens (primary N) is 1. The van der Waals surface area contributed by atoms with Crippen molar-refractivity contribution in [1.29, 1.82) is 0 Å². The molecule has 132 valence electrons. The summed E-state index contributed by atoms with van der Waals surface area (Å²) in [5, 5.41) is 2.96. The van der Waals surface area contributed by atoms with E-state index in [1.165, 1.54) is 5.56 Å². The standard InChI is InChI=1S/C18H27N3O3/c1-24-16-9-4-6-14(12-16)7-5-10-20-18(23)21-11-3-2-8-15(21)13-17(19)22/h4,6,9,12,15H,2-3,5,7-8,10-11,13H2,1H3,(H2,19,22)(H,20,23)/t15-/m1/s1. The molecule has 1 aromatic carbocycles. The van der Waals surface area contributed by atoms with Crippen LogP contribution in [0.3, 0.4) is 0 Å². The lowest BCUT2D eigenvalue weighted by Gasteiger charge is -2.35. The minimum Gasteiger partial charge on any atom is -0.497 e. The minimum atomic E-state index is -0.349. The minimum absolute atomic E-state index is 0.0605. The number of carbonyl (C=O) groups is 2. The Kier molecular flexibility index (Phi) is 6.90. The SMILES string of the molecule is COc1cccc(CCCNC(=O)N2CCCC[C@@H]2CC(N)=O)c1. The normalized spacial score (nSPS) is 17.4. The van der Waals surface area contributed by atoms with E-state index in [-0.39, 0.29) is 24.4 Å². The second-order valence-corrected chi connectivity index (χ2v) is 6.20. The Morgan fingerprint density at radius 1 is 1.38 bits per heavy atom. The number of methoxy groups -OCH3 is 1. The van der Waals surface area contributed by atoms with Crippen molar-refractivity contribution < 1.29 is 14.3 Å². The van der Waals surface area contributed by atoms with Gasteiger partial charge in [0.2, 0.25) is 5.91 Å². The third-order valence-corrected chi connectivity index (χ3v) is 4.38. The quantitative estimate of drug-likeness (QED) is 0.749. The molecule has 0 bridgehead atoms. The van der Waals surface area contributed by atoms with E-state index in [1.54, 1.807) is 12.0 Å². The lowest BCUT2D eigenvalue weighted by Crippen LogP contribution is -2.50. The third-order valence-electron chi connectivity index (χ3n) is 4.38. The van der Waals surface area contributed by atoms with Gasteiger partial charge in [0.05, 0.1) is 7.11 Å². The number of nitrogens with one attached hydrogen (secondary N) is 1. The van der Waals surface area contributed by atoms with Crippen molar-refractivity contribution in [3.05, 3.63) is 29.8 Å². The van der Waals surface area contributed by atoms with Gasteiger partial charge in [-0.25, -0.2) is 4.79 Å². The third kappa shape index (κ3) is 5.44. The van der Waals surface area contributed by atoms with Crippen LogP contribution in [0.2, 0.25) is 0 Å². The number of amides is 3. The van der Waals surface area contributed by atoms with E-state index >= 15 is 0 Å². The first-order chi connectivity index (χ1) is 11.6. The van der Waals surface area contributed by atoms with Crippen LogP contribution in [-0.2, 0) is 11.2 Å². The molecule has 0 aliphatic carbocycles. The van der Waals surface area contributed by atoms with Crippen LogP contribution in [0.15, 0.2) is 24.3 Å². The molecule has 2 rings (SSSR count). The van der Waals surface area contributed by atoms with Crippen LogP contribution in [0, 0.1) is 0 Å². The number of ether oxygens (including phenoxy) is 1. The van der Waals surface area contributed by atoms with E-state index in [0.717, 1.165) is 37.9 Å². The van der Waals surface area contributed by atoms with E-state index in [9.17, 15) is 9.59 Å². The van der Waals surface area contributed by atoms with Gasteiger partial charge in [-0.05, 0) is 49.8 Å². The summed E-state index contributed by atoms with van der Waals surface area (Å²) in [7, 11) is 1.65. The molecule has 1 aliphatic rings. The van der Waals surface area contributed by atoms with Gasteiger partial charge in [-0.1, -0.05) is 12.1 Å². The van der Waals surface area contributed by atoms with Crippen LogP contribution in [0.4, 0.5) is 4.79 Å². The number of rotatable bonds is 7. The molecule has 0 saturated carbocycles. The Balaban J connectivity index is 1.76. The fourth-order valence-corrected chi connectivity index (χ4v) is 3.13. The van der Waals surface area contributed by atoms with Crippen molar-refractivity contribution in [3.63, 3.8) is 0 Å². The van der Waals surface area contributed by atoms with E-state index in [0.29, 0.717) is 13.1 Å². The van der Waals surface area contributed by atoms with E-state index in [4.69, 9.17) is 10.5 Å². The van der Waals surface area contributed by atoms with Crippen molar-refractivity contribution in [1.82, 2.24) is 10.2 Å². The number of hydrogen-bond donors (Lipinski definition) is 2. The molecule has 0 unspecified atom stereocenters. The van der Waals surface area contributed by atoms with Gasteiger partial charge < -0.3 is 20.7 Å². The number of hydrogen-bond acceptors (Lipinski definition) is 3. The number of carbonyl (C=O) groups excluding carboxylic acids is 2. The van der Waals surface area contributed by atoms with Crippen LogP contribution >= 0.6 is 0 Å². The number of aryl methyl sites for hydroxylation is 1. The molecule has 0 aromatic heterocycles. The maximum atomic E-state index is 12.3. The van der Waals surface area contributed by atoms with Gasteiger partial charge in [0, 0.05) is 25.6 Å². The molecule has 0 spiro atoms. The summed E-state index contributed by atoms with van der Waals surface area (Å²) in [6.45, 7) is 1.30. The van der Waals surface area contributed by atoms with Crippen LogP contribution in [0.5, 0.6) is 5.75 Å². The Morgan fingerprint density at radius 2 is 2.21 bits per heavy atom. The molecule has 1 atom stereocenters. The molecule has 24 heavy (non-hydrogen) atoms. The molecule has 1 aliphatic heterocycles. The van der Waals surface area contributed by atoms with E-state index in [1.807, 2.05) is 18.2 Å². The molecule has 1 aromatic rings. The molecule has 6 heteroatoms. The van der Waals surface area contributed by atoms with Crippen LogP contribution in [0.25, 0.3) is 0 Å². The first-order valence-corrected chi connectivity index (χ1v) is 8.56. The molecular weight excluding hydrogens is 306 g/mol. The fraction of sp³-hybridized carbons (Fsp3) is 0.556. The molecule has 6 nitrogen and oxygen atoms in total. The molecular formula is C18H27N3O3. The summed E-state index contributed by atoms with van der Waals surface area (Å²) in [6, 6.07) is 7.80. The average Bonchev–Trinajstić information content (AvgIpc) is 2.58. The highest BCUT2D eigenvalue weighted by Crippen LogP contribution is 2.19. The van der Waals surface area contributed by atoms with Gasteiger partial charge in [-0.15, -0.1) is 0 Å². The second kappa shape index (κ2) is 9.15. The zero-order valence-electron chi connectivity index (χ0n) is 14.3. The predicted molar refractivity (Wildman–Crippen MR) is 92.9 cm³/mol. The van der Waals surface area contributed by atoms with E-state index in [2.05, 4.69) is 11.4 Å². The van der Waals surface area contributed by atoms with Crippen molar-refractivity contribution in [3.8, 4) is 5.75 Å². The molecule has 3 amide bonds. The first kappa shape index (κ1) is 18.1. The zero-order chi connectivity index (χ0) is 17.4. The Hall–Kier alpha value is -2.24. The highest BCUT2D eigenvalue weighted by atomic mass is 16.5. The van der Waals surface area contributed by atoms with Gasteiger partial charge in [0.15, 0.2) is 0 Å². The number of primary amides is 1. The lowest BCUT2D eigenvalue weighted by molar-refractivity contribution is -0.119. The maximum absolute atomic E-state index is 12.3. The maximum Gasteiger partial charge on any atom is 0.317 e. The Labute approximate surface area is 143 Å². The second-order valence-electron chi connectivity index (χ2n) is 6.20. The van der Waals surface area contributed by atoms with Crippen molar-refractivity contribution >= 4 is 11.9 Å². The van der Waals surface area contributed by atoms with Crippen LogP contribution in [-0.4, -0.2) is 43.1 Å². The predicted octanol–water partition coefficient (Wildman–Crippen LogP) is 2.07. The molecule has 0 radical (unpaired) electrons. The molecule has 3 N–H and O–H groups in total. The summed E-state index contributed by atoms with van der Waals surface area (Å²) in [5.74, 6) is 0.497. The Morgan fingerprint density at radius 3 is 2.96 bits per heavy atom. The summed E-state index contributed by atoms with van der Waals surface area (Å²) < 4.78 is 5.21. The summed E-state index contributed by atoms with van der Waals surface area (Å²) in [5.41, 5.74) is 6.48. The van der Waals surface area contributed by atoms with Crippen LogP contribution < -0.4 is 15.8 Å². The Bertz CT molecular complexity index is 562. The van der Waals surface area contributed by atoms with Crippen molar-refractivity contribution in [2.24, 2.45) is 5.73 Å². The van der Waals surface area contributed by atoms with Gasteiger partial charge >= 0.3 is 6.03 Å².